The normalized spacial score (nSPS) is 19.1. The summed E-state index contributed by atoms with van der Waals surface area (Å²) in [6.07, 6.45) is 8.11. The zero-order chi connectivity index (χ0) is 16.6. The van der Waals surface area contributed by atoms with Crippen molar-refractivity contribution in [2.75, 3.05) is 31.7 Å². The molecule has 1 saturated heterocycles. The van der Waals surface area contributed by atoms with E-state index in [2.05, 4.69) is 28.5 Å². The molecule has 5 nitrogen and oxygen atoms in total. The van der Waals surface area contributed by atoms with Crippen LogP contribution in [0.15, 0.2) is 23.2 Å². The zero-order valence-corrected chi connectivity index (χ0v) is 14.4. The average molecular weight is 331 g/mol. The Hall–Kier alpha value is -1.59. The number of aliphatic imine (C=N–C) groups is 1. The Labute approximate surface area is 144 Å². The van der Waals surface area contributed by atoms with E-state index in [1.807, 2.05) is 0 Å². The average Bonchev–Trinajstić information content (AvgIpc) is 2.63. The fraction of sp³-hybridized carbons (Fsp3) is 0.632. The van der Waals surface area contributed by atoms with Crippen LogP contribution in [0.3, 0.4) is 0 Å². The second-order valence-electron chi connectivity index (χ2n) is 6.58. The van der Waals surface area contributed by atoms with E-state index < -0.39 is 0 Å². The maximum atomic E-state index is 6.05. The fourth-order valence-corrected chi connectivity index (χ4v) is 3.43. The van der Waals surface area contributed by atoms with Crippen LogP contribution in [0.5, 0.6) is 0 Å². The highest BCUT2D eigenvalue weighted by Crippen LogP contribution is 2.27. The second kappa shape index (κ2) is 9.04. The summed E-state index contributed by atoms with van der Waals surface area (Å²) in [7, 11) is 0. The first kappa shape index (κ1) is 17.2. The monoisotopic (exact) mass is 331 g/mol. The number of nitrogens with zero attached hydrogens (tertiary/aromatic N) is 1. The summed E-state index contributed by atoms with van der Waals surface area (Å²) in [5.74, 6) is 0.500. The van der Waals surface area contributed by atoms with Crippen LogP contribution in [-0.2, 0) is 22.3 Å². The molecular weight excluding hydrogens is 302 g/mol. The van der Waals surface area contributed by atoms with Crippen molar-refractivity contribution in [2.45, 2.75) is 51.0 Å². The summed E-state index contributed by atoms with van der Waals surface area (Å²) in [5, 5.41) is 3.28. The van der Waals surface area contributed by atoms with Gasteiger partial charge >= 0.3 is 0 Å². The molecule has 3 N–H and O–H groups in total. The summed E-state index contributed by atoms with van der Waals surface area (Å²) in [4.78, 5) is 4.43. The molecule has 2 aliphatic rings. The Kier molecular flexibility index (Phi) is 6.49. The van der Waals surface area contributed by atoms with Gasteiger partial charge in [-0.3, -0.25) is 4.99 Å². The Morgan fingerprint density at radius 3 is 2.96 bits per heavy atom. The third-order valence-electron chi connectivity index (χ3n) is 4.77. The third-order valence-corrected chi connectivity index (χ3v) is 4.77. The smallest absolute Gasteiger partial charge is 0.193 e. The molecule has 1 aliphatic heterocycles. The summed E-state index contributed by atoms with van der Waals surface area (Å²) in [6, 6.07) is 6.42. The van der Waals surface area contributed by atoms with Gasteiger partial charge in [0.2, 0.25) is 0 Å². The third kappa shape index (κ3) is 4.95. The van der Waals surface area contributed by atoms with Crippen LogP contribution in [0.2, 0.25) is 0 Å². The van der Waals surface area contributed by atoms with Gasteiger partial charge < -0.3 is 20.5 Å². The van der Waals surface area contributed by atoms with Crippen LogP contribution >= 0.6 is 0 Å². The number of hydrogen-bond donors (Lipinski definition) is 2. The summed E-state index contributed by atoms with van der Waals surface area (Å²) < 4.78 is 11.2. The van der Waals surface area contributed by atoms with Gasteiger partial charge in [0.15, 0.2) is 5.96 Å². The van der Waals surface area contributed by atoms with Gasteiger partial charge in [-0.1, -0.05) is 12.1 Å². The van der Waals surface area contributed by atoms with Crippen molar-refractivity contribution >= 4 is 11.6 Å². The van der Waals surface area contributed by atoms with E-state index in [0.717, 1.165) is 51.2 Å². The van der Waals surface area contributed by atoms with Crippen LogP contribution in [0.1, 0.15) is 43.2 Å². The molecule has 1 fully saturated rings. The maximum Gasteiger partial charge on any atom is 0.193 e. The van der Waals surface area contributed by atoms with Gasteiger partial charge in [0.1, 0.15) is 0 Å². The van der Waals surface area contributed by atoms with Crippen molar-refractivity contribution in [2.24, 2.45) is 10.7 Å². The minimum Gasteiger partial charge on any atom is -0.381 e. The van der Waals surface area contributed by atoms with E-state index in [-0.39, 0.29) is 0 Å². The lowest BCUT2D eigenvalue weighted by Gasteiger charge is -2.22. The predicted octanol–water partition coefficient (Wildman–Crippen LogP) is 2.88. The number of aryl methyl sites for hydroxylation is 1. The lowest BCUT2D eigenvalue weighted by Crippen LogP contribution is -2.25. The highest BCUT2D eigenvalue weighted by molar-refractivity contribution is 5.93. The molecular formula is C19H29N3O2. The van der Waals surface area contributed by atoms with E-state index in [4.69, 9.17) is 15.2 Å². The SMILES string of the molecule is NC(=NCCCOC1CCOCC1)Nc1cccc2c1CCCC2. The van der Waals surface area contributed by atoms with Gasteiger partial charge in [-0.2, -0.15) is 0 Å². The molecule has 5 heteroatoms. The van der Waals surface area contributed by atoms with E-state index in [9.17, 15) is 0 Å². The molecule has 0 unspecified atom stereocenters. The van der Waals surface area contributed by atoms with Crippen LogP contribution < -0.4 is 11.1 Å². The topological polar surface area (TPSA) is 68.9 Å². The van der Waals surface area contributed by atoms with Crippen molar-refractivity contribution in [3.63, 3.8) is 0 Å². The second-order valence-corrected chi connectivity index (χ2v) is 6.58. The van der Waals surface area contributed by atoms with Gasteiger partial charge in [-0.25, -0.2) is 0 Å². The van der Waals surface area contributed by atoms with Gasteiger partial charge in [-0.15, -0.1) is 0 Å². The maximum absolute atomic E-state index is 6.05. The Morgan fingerprint density at radius 1 is 1.25 bits per heavy atom. The molecule has 132 valence electrons. The molecule has 1 aliphatic carbocycles. The lowest BCUT2D eigenvalue weighted by atomic mass is 9.90. The number of hydrogen-bond acceptors (Lipinski definition) is 3. The van der Waals surface area contributed by atoms with Gasteiger partial charge in [0, 0.05) is 32.1 Å². The molecule has 0 radical (unpaired) electrons. The van der Waals surface area contributed by atoms with Crippen LogP contribution in [-0.4, -0.2) is 38.4 Å². The molecule has 1 aromatic carbocycles. The lowest BCUT2D eigenvalue weighted by molar-refractivity contribution is -0.0318. The van der Waals surface area contributed by atoms with Crippen molar-refractivity contribution in [3.05, 3.63) is 29.3 Å². The number of benzene rings is 1. The first-order valence-electron chi connectivity index (χ1n) is 9.20. The summed E-state index contributed by atoms with van der Waals surface area (Å²) in [5.41, 5.74) is 10.0. The Morgan fingerprint density at radius 2 is 2.08 bits per heavy atom. The number of nitrogens with two attached hydrogens (primary N) is 1. The van der Waals surface area contributed by atoms with E-state index in [1.165, 1.54) is 30.4 Å². The number of fused-ring (bicyclic) bond motifs is 1. The quantitative estimate of drug-likeness (QED) is 0.478. The van der Waals surface area contributed by atoms with Crippen molar-refractivity contribution in [3.8, 4) is 0 Å². The highest BCUT2D eigenvalue weighted by atomic mass is 16.5. The largest absolute Gasteiger partial charge is 0.381 e. The molecule has 24 heavy (non-hydrogen) atoms. The van der Waals surface area contributed by atoms with E-state index >= 15 is 0 Å². The molecule has 0 saturated carbocycles. The highest BCUT2D eigenvalue weighted by Gasteiger charge is 2.14. The number of anilines is 1. The summed E-state index contributed by atoms with van der Waals surface area (Å²) >= 11 is 0. The van der Waals surface area contributed by atoms with Gasteiger partial charge in [-0.05, 0) is 62.1 Å². The molecule has 1 aromatic rings. The first-order valence-corrected chi connectivity index (χ1v) is 9.20. The molecule has 0 aromatic heterocycles. The molecule has 3 rings (SSSR count). The fourth-order valence-electron chi connectivity index (χ4n) is 3.43. The Bertz CT molecular complexity index is 554. The predicted molar refractivity (Wildman–Crippen MR) is 97.6 cm³/mol. The number of nitrogens with one attached hydrogen (secondary N) is 1. The molecule has 0 amide bonds. The number of rotatable bonds is 6. The van der Waals surface area contributed by atoms with Crippen LogP contribution in [0, 0.1) is 0 Å². The standard InChI is InChI=1S/C19H29N3O2/c20-19(21-11-4-12-24-16-9-13-23-14-10-16)22-18-8-3-6-15-5-1-2-7-17(15)18/h3,6,8,16H,1-2,4-5,7,9-14H2,(H3,20,21,22). The van der Waals surface area contributed by atoms with Crippen molar-refractivity contribution in [1.29, 1.82) is 0 Å². The minimum atomic E-state index is 0.356. The molecule has 1 heterocycles. The van der Waals surface area contributed by atoms with E-state index in [0.29, 0.717) is 18.6 Å². The van der Waals surface area contributed by atoms with Gasteiger partial charge in [0.25, 0.3) is 0 Å². The van der Waals surface area contributed by atoms with Crippen molar-refractivity contribution < 1.29 is 9.47 Å². The zero-order valence-electron chi connectivity index (χ0n) is 14.4. The number of guanidine groups is 1. The van der Waals surface area contributed by atoms with Crippen LogP contribution in [0.25, 0.3) is 0 Å². The Balaban J connectivity index is 1.41. The number of ether oxygens (including phenoxy) is 2. The summed E-state index contributed by atoms with van der Waals surface area (Å²) in [6.45, 7) is 3.07. The minimum absolute atomic E-state index is 0.356. The molecule has 0 atom stereocenters. The first-order chi connectivity index (χ1) is 11.8. The van der Waals surface area contributed by atoms with Crippen molar-refractivity contribution in [1.82, 2.24) is 0 Å². The van der Waals surface area contributed by atoms with E-state index in [1.54, 1.807) is 0 Å². The molecule has 0 spiro atoms. The molecule has 0 bridgehead atoms. The van der Waals surface area contributed by atoms with Gasteiger partial charge in [0.05, 0.1) is 6.10 Å². The van der Waals surface area contributed by atoms with Crippen LogP contribution in [0.4, 0.5) is 5.69 Å².